The minimum Gasteiger partial charge on any atom is -0.356 e. The normalized spacial score (nSPS) is 15.2. The van der Waals surface area contributed by atoms with E-state index < -0.39 is 0 Å². The van der Waals surface area contributed by atoms with E-state index in [-0.39, 0.29) is 0 Å². The molecule has 0 amide bonds. The summed E-state index contributed by atoms with van der Waals surface area (Å²) in [5, 5.41) is 3.33. The maximum Gasteiger partial charge on any atom is 0.203 e. The van der Waals surface area contributed by atoms with Gasteiger partial charge in [-0.15, -0.1) is 0 Å². The molecule has 3 nitrogen and oxygen atoms in total. The van der Waals surface area contributed by atoms with Crippen LogP contribution in [0.1, 0.15) is 31.2 Å². The highest BCUT2D eigenvalue weighted by Crippen LogP contribution is 2.19. The largest absolute Gasteiger partial charge is 0.356 e. The first-order valence-corrected chi connectivity index (χ1v) is 5.12. The van der Waals surface area contributed by atoms with E-state index in [1.54, 1.807) is 0 Å². The van der Waals surface area contributed by atoms with Crippen LogP contribution in [0.2, 0.25) is 0 Å². The smallest absolute Gasteiger partial charge is 0.203 e. The second kappa shape index (κ2) is 3.40. The number of rotatable bonds is 2. The second-order valence-electron chi connectivity index (χ2n) is 3.65. The maximum atomic E-state index is 4.59. The average molecular weight is 179 g/mol. The molecule has 13 heavy (non-hydrogen) atoms. The Morgan fingerprint density at radius 3 is 3.08 bits per heavy atom. The summed E-state index contributed by atoms with van der Waals surface area (Å²) in [5.74, 6) is 1.08. The summed E-state index contributed by atoms with van der Waals surface area (Å²) < 4.78 is 2.30. The molecule has 2 rings (SSSR count). The van der Waals surface area contributed by atoms with Gasteiger partial charge in [0.25, 0.3) is 0 Å². The summed E-state index contributed by atoms with van der Waals surface area (Å²) in [5.41, 5.74) is 2.62. The van der Waals surface area contributed by atoms with Crippen LogP contribution in [0, 0.1) is 6.92 Å². The number of anilines is 1. The van der Waals surface area contributed by atoms with Crippen LogP contribution in [0.3, 0.4) is 0 Å². The molecule has 0 saturated carbocycles. The fraction of sp³-hybridized carbons (Fsp3) is 0.700. The minimum atomic E-state index is 1.07. The van der Waals surface area contributed by atoms with Crippen LogP contribution in [0.4, 0.5) is 5.95 Å². The standard InChI is InChI=1S/C10H17N3/c1-3-5-9-8(2)13-7-4-6-11-10(13)12-9/h3-7H2,1-2H3,(H,11,12). The van der Waals surface area contributed by atoms with Crippen LogP contribution in [0.15, 0.2) is 0 Å². The summed E-state index contributed by atoms with van der Waals surface area (Å²) in [6.45, 7) is 6.58. The number of imidazole rings is 1. The highest BCUT2D eigenvalue weighted by atomic mass is 15.2. The average Bonchev–Trinajstić information content (AvgIpc) is 2.46. The molecule has 0 fully saturated rings. The molecular formula is C10H17N3. The first-order chi connectivity index (χ1) is 6.33. The van der Waals surface area contributed by atoms with Gasteiger partial charge in [-0.25, -0.2) is 4.98 Å². The van der Waals surface area contributed by atoms with Gasteiger partial charge in [0.05, 0.1) is 5.69 Å². The van der Waals surface area contributed by atoms with Gasteiger partial charge in [0.15, 0.2) is 0 Å². The van der Waals surface area contributed by atoms with Crippen LogP contribution >= 0.6 is 0 Å². The van der Waals surface area contributed by atoms with Gasteiger partial charge in [0.2, 0.25) is 5.95 Å². The van der Waals surface area contributed by atoms with Crippen LogP contribution in [-0.4, -0.2) is 16.1 Å². The summed E-state index contributed by atoms with van der Waals surface area (Å²) in [7, 11) is 0. The number of nitrogens with zero attached hydrogens (tertiary/aromatic N) is 2. The summed E-state index contributed by atoms with van der Waals surface area (Å²) in [6.07, 6.45) is 3.50. The van der Waals surface area contributed by atoms with Crippen molar-refractivity contribution >= 4 is 5.95 Å². The number of aromatic nitrogens is 2. The van der Waals surface area contributed by atoms with Crippen molar-refractivity contribution in [1.82, 2.24) is 9.55 Å². The number of fused-ring (bicyclic) bond motifs is 1. The predicted octanol–water partition coefficient (Wildman–Crippen LogP) is 1.96. The van der Waals surface area contributed by atoms with Gasteiger partial charge in [-0.1, -0.05) is 13.3 Å². The zero-order valence-electron chi connectivity index (χ0n) is 8.43. The minimum absolute atomic E-state index is 1.07. The van der Waals surface area contributed by atoms with E-state index in [1.807, 2.05) is 0 Å². The van der Waals surface area contributed by atoms with Gasteiger partial charge >= 0.3 is 0 Å². The first kappa shape index (κ1) is 8.60. The number of hydrogen-bond donors (Lipinski definition) is 1. The lowest BCUT2D eigenvalue weighted by Gasteiger charge is -2.16. The molecule has 0 aliphatic carbocycles. The first-order valence-electron chi connectivity index (χ1n) is 5.12. The van der Waals surface area contributed by atoms with Gasteiger partial charge in [-0.05, 0) is 19.8 Å². The van der Waals surface area contributed by atoms with E-state index in [0.29, 0.717) is 0 Å². The zero-order chi connectivity index (χ0) is 9.26. The van der Waals surface area contributed by atoms with Crippen molar-refractivity contribution in [3.63, 3.8) is 0 Å². The third-order valence-electron chi connectivity index (χ3n) is 2.65. The molecule has 1 aliphatic heterocycles. The third-order valence-corrected chi connectivity index (χ3v) is 2.65. The number of aryl methyl sites for hydroxylation is 1. The SMILES string of the molecule is CCCc1nc2n(c1C)CCCN2. The monoisotopic (exact) mass is 179 g/mol. The predicted molar refractivity (Wildman–Crippen MR) is 54.1 cm³/mol. The van der Waals surface area contributed by atoms with Crippen molar-refractivity contribution in [3.8, 4) is 0 Å². The lowest BCUT2D eigenvalue weighted by Crippen LogP contribution is -2.17. The Morgan fingerprint density at radius 1 is 1.54 bits per heavy atom. The molecule has 1 N–H and O–H groups in total. The van der Waals surface area contributed by atoms with Crippen LogP contribution in [-0.2, 0) is 13.0 Å². The zero-order valence-corrected chi connectivity index (χ0v) is 8.43. The molecule has 72 valence electrons. The Kier molecular flexibility index (Phi) is 2.25. The van der Waals surface area contributed by atoms with Crippen molar-refractivity contribution in [2.45, 2.75) is 39.7 Å². The molecule has 0 spiro atoms. The molecule has 0 atom stereocenters. The molecule has 3 heteroatoms. The van der Waals surface area contributed by atoms with E-state index in [1.165, 1.54) is 24.2 Å². The molecule has 0 saturated heterocycles. The summed E-state index contributed by atoms with van der Waals surface area (Å²) in [4.78, 5) is 4.59. The maximum absolute atomic E-state index is 4.59. The lowest BCUT2D eigenvalue weighted by atomic mass is 10.2. The van der Waals surface area contributed by atoms with Gasteiger partial charge in [0.1, 0.15) is 0 Å². The molecule has 0 radical (unpaired) electrons. The number of hydrogen-bond acceptors (Lipinski definition) is 2. The van der Waals surface area contributed by atoms with Gasteiger partial charge < -0.3 is 9.88 Å². The third kappa shape index (κ3) is 1.43. The van der Waals surface area contributed by atoms with Crippen molar-refractivity contribution in [1.29, 1.82) is 0 Å². The fourth-order valence-corrected chi connectivity index (χ4v) is 1.90. The second-order valence-corrected chi connectivity index (χ2v) is 3.65. The van der Waals surface area contributed by atoms with Crippen LogP contribution < -0.4 is 5.32 Å². The Bertz CT molecular complexity index is 301. The van der Waals surface area contributed by atoms with Crippen LogP contribution in [0.5, 0.6) is 0 Å². The Hall–Kier alpha value is -0.990. The van der Waals surface area contributed by atoms with Gasteiger partial charge in [-0.3, -0.25) is 0 Å². The van der Waals surface area contributed by atoms with Gasteiger partial charge in [-0.2, -0.15) is 0 Å². The summed E-state index contributed by atoms with van der Waals surface area (Å²) >= 11 is 0. The Morgan fingerprint density at radius 2 is 2.38 bits per heavy atom. The highest BCUT2D eigenvalue weighted by Gasteiger charge is 2.15. The highest BCUT2D eigenvalue weighted by molar-refractivity contribution is 5.35. The van der Waals surface area contributed by atoms with E-state index in [4.69, 9.17) is 0 Å². The molecule has 0 unspecified atom stereocenters. The Balaban J connectivity index is 2.33. The molecule has 0 aromatic carbocycles. The Labute approximate surface area is 79.2 Å². The summed E-state index contributed by atoms with van der Waals surface area (Å²) in [6, 6.07) is 0. The van der Waals surface area contributed by atoms with Crippen molar-refractivity contribution < 1.29 is 0 Å². The van der Waals surface area contributed by atoms with Crippen molar-refractivity contribution in [2.24, 2.45) is 0 Å². The van der Waals surface area contributed by atoms with E-state index in [2.05, 4.69) is 28.7 Å². The van der Waals surface area contributed by atoms with Gasteiger partial charge in [0, 0.05) is 18.8 Å². The van der Waals surface area contributed by atoms with Crippen molar-refractivity contribution in [2.75, 3.05) is 11.9 Å². The molecule has 1 aromatic heterocycles. The van der Waals surface area contributed by atoms with Crippen molar-refractivity contribution in [3.05, 3.63) is 11.4 Å². The van der Waals surface area contributed by atoms with E-state index >= 15 is 0 Å². The fourth-order valence-electron chi connectivity index (χ4n) is 1.90. The molecular weight excluding hydrogens is 162 g/mol. The molecule has 0 bridgehead atoms. The van der Waals surface area contributed by atoms with E-state index in [9.17, 15) is 0 Å². The van der Waals surface area contributed by atoms with E-state index in [0.717, 1.165) is 25.5 Å². The molecule has 2 heterocycles. The topological polar surface area (TPSA) is 29.9 Å². The molecule has 1 aliphatic rings. The number of nitrogens with one attached hydrogen (secondary N) is 1. The lowest BCUT2D eigenvalue weighted by molar-refractivity contribution is 0.614. The molecule has 1 aromatic rings. The quantitative estimate of drug-likeness (QED) is 0.752. The van der Waals surface area contributed by atoms with Crippen LogP contribution in [0.25, 0.3) is 0 Å².